The molecule has 0 amide bonds. The third-order valence-electron chi connectivity index (χ3n) is 2.82. The SMILES string of the molecule is Cc1noc2c1c(=O)[nH]c1cc(CBr)ccc12. The molecule has 5 heteroatoms. The number of alkyl halides is 1. The Bertz CT molecular complexity index is 773. The summed E-state index contributed by atoms with van der Waals surface area (Å²) in [5, 5.41) is 6.00. The van der Waals surface area contributed by atoms with Crippen molar-refractivity contribution in [2.45, 2.75) is 12.3 Å². The molecule has 1 aromatic carbocycles. The molecule has 0 saturated carbocycles. The Hall–Kier alpha value is -1.62. The topological polar surface area (TPSA) is 58.9 Å². The molecule has 0 aliphatic heterocycles. The molecule has 3 aromatic rings. The summed E-state index contributed by atoms with van der Waals surface area (Å²) >= 11 is 3.39. The number of aromatic nitrogens is 2. The van der Waals surface area contributed by atoms with Crippen LogP contribution in [-0.2, 0) is 5.33 Å². The number of nitrogens with one attached hydrogen (secondary N) is 1. The third kappa shape index (κ3) is 1.50. The maximum absolute atomic E-state index is 11.9. The minimum Gasteiger partial charge on any atom is -0.355 e. The van der Waals surface area contributed by atoms with E-state index in [0.717, 1.165) is 21.8 Å². The van der Waals surface area contributed by atoms with Gasteiger partial charge in [-0.3, -0.25) is 4.79 Å². The van der Waals surface area contributed by atoms with E-state index in [9.17, 15) is 4.79 Å². The number of aromatic amines is 1. The Morgan fingerprint density at radius 2 is 2.29 bits per heavy atom. The van der Waals surface area contributed by atoms with Gasteiger partial charge in [-0.2, -0.15) is 0 Å². The van der Waals surface area contributed by atoms with Crippen LogP contribution in [0.1, 0.15) is 11.3 Å². The largest absolute Gasteiger partial charge is 0.355 e. The minimum absolute atomic E-state index is 0.155. The number of H-pyrrole nitrogens is 1. The van der Waals surface area contributed by atoms with Gasteiger partial charge in [0.1, 0.15) is 5.39 Å². The van der Waals surface area contributed by atoms with E-state index in [0.29, 0.717) is 16.7 Å². The predicted molar refractivity (Wildman–Crippen MR) is 69.5 cm³/mol. The van der Waals surface area contributed by atoms with Gasteiger partial charge in [0.15, 0.2) is 5.58 Å². The molecule has 2 aromatic heterocycles. The first-order chi connectivity index (χ1) is 8.20. The first kappa shape index (κ1) is 10.5. The lowest BCUT2D eigenvalue weighted by molar-refractivity contribution is 0.452. The standard InChI is InChI=1S/C12H9BrN2O2/c1-6-10-11(17-15-6)8-3-2-7(5-13)4-9(8)14-12(10)16/h2-4H,5H2,1H3,(H,14,16). The summed E-state index contributed by atoms with van der Waals surface area (Å²) in [6.07, 6.45) is 0. The summed E-state index contributed by atoms with van der Waals surface area (Å²) in [6, 6.07) is 5.87. The molecular weight excluding hydrogens is 284 g/mol. The fraction of sp³-hybridized carbons (Fsp3) is 0.167. The van der Waals surface area contributed by atoms with Gasteiger partial charge in [0.05, 0.1) is 11.2 Å². The van der Waals surface area contributed by atoms with Gasteiger partial charge in [-0.1, -0.05) is 27.2 Å². The summed E-state index contributed by atoms with van der Waals surface area (Å²) < 4.78 is 5.23. The van der Waals surface area contributed by atoms with E-state index in [1.807, 2.05) is 18.2 Å². The quantitative estimate of drug-likeness (QED) is 0.702. The zero-order valence-corrected chi connectivity index (χ0v) is 10.7. The molecule has 0 aliphatic rings. The second-order valence-corrected chi connectivity index (χ2v) is 4.50. The third-order valence-corrected chi connectivity index (χ3v) is 3.47. The van der Waals surface area contributed by atoms with Gasteiger partial charge in [-0.05, 0) is 24.6 Å². The highest BCUT2D eigenvalue weighted by Crippen LogP contribution is 2.24. The molecule has 0 atom stereocenters. The second-order valence-electron chi connectivity index (χ2n) is 3.94. The van der Waals surface area contributed by atoms with Gasteiger partial charge in [0, 0.05) is 10.7 Å². The molecule has 0 radical (unpaired) electrons. The van der Waals surface area contributed by atoms with Gasteiger partial charge in [-0.15, -0.1) is 0 Å². The molecule has 0 bridgehead atoms. The van der Waals surface area contributed by atoms with Crippen molar-refractivity contribution in [3.05, 3.63) is 39.8 Å². The molecular formula is C12H9BrN2O2. The monoisotopic (exact) mass is 292 g/mol. The van der Waals surface area contributed by atoms with Crippen LogP contribution in [0.3, 0.4) is 0 Å². The van der Waals surface area contributed by atoms with Crippen molar-refractivity contribution in [1.29, 1.82) is 0 Å². The maximum Gasteiger partial charge on any atom is 0.261 e. The highest BCUT2D eigenvalue weighted by molar-refractivity contribution is 9.08. The molecule has 0 aliphatic carbocycles. The first-order valence-electron chi connectivity index (χ1n) is 5.17. The summed E-state index contributed by atoms with van der Waals surface area (Å²) in [5.74, 6) is 0. The van der Waals surface area contributed by atoms with E-state index < -0.39 is 0 Å². The summed E-state index contributed by atoms with van der Waals surface area (Å²) in [7, 11) is 0. The lowest BCUT2D eigenvalue weighted by Crippen LogP contribution is -2.06. The van der Waals surface area contributed by atoms with Crippen LogP contribution in [0.15, 0.2) is 27.5 Å². The van der Waals surface area contributed by atoms with Crippen molar-refractivity contribution in [3.8, 4) is 0 Å². The van der Waals surface area contributed by atoms with E-state index in [1.54, 1.807) is 6.92 Å². The highest BCUT2D eigenvalue weighted by Gasteiger charge is 2.12. The van der Waals surface area contributed by atoms with Gasteiger partial charge in [-0.25, -0.2) is 0 Å². The Kier molecular flexibility index (Phi) is 2.29. The average molecular weight is 293 g/mol. The van der Waals surface area contributed by atoms with Crippen LogP contribution in [0.25, 0.3) is 21.9 Å². The van der Waals surface area contributed by atoms with Gasteiger partial charge >= 0.3 is 0 Å². The predicted octanol–water partition coefficient (Wildman–Crippen LogP) is 2.87. The van der Waals surface area contributed by atoms with Crippen LogP contribution in [-0.4, -0.2) is 10.1 Å². The van der Waals surface area contributed by atoms with Crippen LogP contribution in [0, 0.1) is 6.92 Å². The molecule has 0 fully saturated rings. The highest BCUT2D eigenvalue weighted by atomic mass is 79.9. The van der Waals surface area contributed by atoms with Gasteiger partial charge < -0.3 is 9.51 Å². The number of nitrogens with zero attached hydrogens (tertiary/aromatic N) is 1. The van der Waals surface area contributed by atoms with E-state index in [1.165, 1.54) is 0 Å². The molecule has 2 heterocycles. The zero-order valence-electron chi connectivity index (χ0n) is 9.08. The molecule has 0 unspecified atom stereocenters. The number of fused-ring (bicyclic) bond motifs is 3. The van der Waals surface area contributed by atoms with Gasteiger partial charge in [0.2, 0.25) is 0 Å². The van der Waals surface area contributed by atoms with Crippen molar-refractivity contribution in [2.75, 3.05) is 0 Å². The molecule has 86 valence electrons. The van der Waals surface area contributed by atoms with Crippen molar-refractivity contribution in [2.24, 2.45) is 0 Å². The lowest BCUT2D eigenvalue weighted by Gasteiger charge is -2.00. The van der Waals surface area contributed by atoms with Crippen molar-refractivity contribution in [1.82, 2.24) is 10.1 Å². The Morgan fingerprint density at radius 3 is 3.06 bits per heavy atom. The number of benzene rings is 1. The number of aryl methyl sites for hydroxylation is 1. The molecule has 1 N–H and O–H groups in total. The second kappa shape index (κ2) is 3.70. The Labute approximate surface area is 105 Å². The van der Waals surface area contributed by atoms with Crippen LogP contribution in [0.2, 0.25) is 0 Å². The van der Waals surface area contributed by atoms with Crippen LogP contribution < -0.4 is 5.56 Å². The van der Waals surface area contributed by atoms with Crippen LogP contribution in [0.4, 0.5) is 0 Å². The molecule has 4 nitrogen and oxygen atoms in total. The van der Waals surface area contributed by atoms with Gasteiger partial charge in [0.25, 0.3) is 5.56 Å². The normalized spacial score (nSPS) is 11.4. The molecule has 0 saturated heterocycles. The van der Waals surface area contributed by atoms with E-state index in [4.69, 9.17) is 4.52 Å². The Morgan fingerprint density at radius 1 is 1.47 bits per heavy atom. The van der Waals surface area contributed by atoms with E-state index in [2.05, 4.69) is 26.1 Å². The van der Waals surface area contributed by atoms with Crippen molar-refractivity contribution < 1.29 is 4.52 Å². The van der Waals surface area contributed by atoms with Crippen molar-refractivity contribution in [3.63, 3.8) is 0 Å². The lowest BCUT2D eigenvalue weighted by atomic mass is 10.1. The summed E-state index contributed by atoms with van der Waals surface area (Å²) in [6.45, 7) is 1.76. The number of pyridine rings is 1. The minimum atomic E-state index is -0.155. The van der Waals surface area contributed by atoms with Crippen molar-refractivity contribution >= 4 is 37.8 Å². The molecule has 0 spiro atoms. The first-order valence-corrected chi connectivity index (χ1v) is 6.29. The number of hydrogen-bond acceptors (Lipinski definition) is 3. The Balaban J connectivity index is 2.53. The van der Waals surface area contributed by atoms with E-state index in [-0.39, 0.29) is 5.56 Å². The smallest absolute Gasteiger partial charge is 0.261 e. The summed E-state index contributed by atoms with van der Waals surface area (Å²) in [4.78, 5) is 14.8. The number of hydrogen-bond donors (Lipinski definition) is 1. The fourth-order valence-corrected chi connectivity index (χ4v) is 2.33. The fourth-order valence-electron chi connectivity index (χ4n) is 1.98. The average Bonchev–Trinajstić information content (AvgIpc) is 2.71. The number of halogens is 1. The zero-order chi connectivity index (χ0) is 12.0. The molecule has 17 heavy (non-hydrogen) atoms. The number of rotatable bonds is 1. The van der Waals surface area contributed by atoms with Crippen LogP contribution >= 0.6 is 15.9 Å². The maximum atomic E-state index is 11.9. The van der Waals surface area contributed by atoms with Crippen LogP contribution in [0.5, 0.6) is 0 Å². The summed E-state index contributed by atoms with van der Waals surface area (Å²) in [5.41, 5.74) is 2.90. The molecule has 3 rings (SSSR count). The van der Waals surface area contributed by atoms with E-state index >= 15 is 0 Å².